The number of hydrogen-bond acceptors (Lipinski definition) is 2. The second kappa shape index (κ2) is 4.73. The van der Waals surface area contributed by atoms with E-state index in [4.69, 9.17) is 11.6 Å². The Balaban J connectivity index is 1.94. The highest BCUT2D eigenvalue weighted by atomic mass is 35.5. The Labute approximate surface area is 112 Å². The van der Waals surface area contributed by atoms with Crippen LogP contribution in [0.4, 0.5) is 0 Å². The van der Waals surface area contributed by atoms with Gasteiger partial charge >= 0.3 is 0 Å². The number of aryl methyl sites for hydroxylation is 1. The summed E-state index contributed by atoms with van der Waals surface area (Å²) in [5, 5.41) is 8.15. The molecule has 1 aliphatic carbocycles. The van der Waals surface area contributed by atoms with Crippen LogP contribution in [0.2, 0.25) is 5.02 Å². The largest absolute Gasteiger partial charge is 0.262 e. The van der Waals surface area contributed by atoms with Gasteiger partial charge in [0.2, 0.25) is 0 Å². The van der Waals surface area contributed by atoms with E-state index in [1.54, 1.807) is 0 Å². The molecular formula is C14H16ClN3. The molecule has 0 amide bonds. The van der Waals surface area contributed by atoms with Crippen LogP contribution in [0, 0.1) is 6.92 Å². The van der Waals surface area contributed by atoms with E-state index in [1.165, 1.54) is 25.7 Å². The Morgan fingerprint density at radius 1 is 1.28 bits per heavy atom. The topological polar surface area (TPSA) is 41.6 Å². The maximum Gasteiger partial charge on any atom is 0.181 e. The first kappa shape index (κ1) is 11.7. The molecule has 1 N–H and O–H groups in total. The maximum absolute atomic E-state index is 6.03. The van der Waals surface area contributed by atoms with Crippen molar-refractivity contribution in [2.24, 2.45) is 0 Å². The van der Waals surface area contributed by atoms with Crippen LogP contribution in [-0.2, 0) is 0 Å². The first-order valence-electron chi connectivity index (χ1n) is 6.43. The summed E-state index contributed by atoms with van der Waals surface area (Å²) in [5.74, 6) is 2.35. The molecule has 1 heterocycles. The molecule has 1 aromatic heterocycles. The van der Waals surface area contributed by atoms with Gasteiger partial charge in [0, 0.05) is 16.5 Å². The molecule has 18 heavy (non-hydrogen) atoms. The Morgan fingerprint density at radius 2 is 2.06 bits per heavy atom. The zero-order valence-electron chi connectivity index (χ0n) is 10.4. The number of rotatable bonds is 2. The van der Waals surface area contributed by atoms with E-state index >= 15 is 0 Å². The van der Waals surface area contributed by atoms with Gasteiger partial charge in [-0.25, -0.2) is 4.98 Å². The van der Waals surface area contributed by atoms with Gasteiger partial charge in [-0.2, -0.15) is 5.10 Å². The molecule has 1 fully saturated rings. The van der Waals surface area contributed by atoms with Gasteiger partial charge in [-0.15, -0.1) is 0 Å². The minimum Gasteiger partial charge on any atom is -0.262 e. The van der Waals surface area contributed by atoms with Crippen molar-refractivity contribution in [2.75, 3.05) is 0 Å². The lowest BCUT2D eigenvalue weighted by atomic mass is 10.1. The lowest BCUT2D eigenvalue weighted by Crippen LogP contribution is -1.94. The fourth-order valence-electron chi connectivity index (χ4n) is 2.61. The minimum atomic E-state index is 0.561. The molecule has 3 rings (SSSR count). The third-order valence-electron chi connectivity index (χ3n) is 3.69. The molecular weight excluding hydrogens is 246 g/mol. The number of nitrogens with one attached hydrogen (secondary N) is 1. The average molecular weight is 262 g/mol. The van der Waals surface area contributed by atoms with E-state index in [-0.39, 0.29) is 0 Å². The zero-order chi connectivity index (χ0) is 12.5. The number of benzene rings is 1. The Morgan fingerprint density at radius 3 is 2.83 bits per heavy atom. The summed E-state index contributed by atoms with van der Waals surface area (Å²) < 4.78 is 0. The van der Waals surface area contributed by atoms with E-state index in [1.807, 2.05) is 18.2 Å². The first-order chi connectivity index (χ1) is 8.74. The summed E-state index contributed by atoms with van der Waals surface area (Å²) in [4.78, 5) is 4.64. The van der Waals surface area contributed by atoms with Crippen LogP contribution in [0.25, 0.3) is 11.4 Å². The van der Waals surface area contributed by atoms with Gasteiger partial charge in [-0.1, -0.05) is 30.5 Å². The molecule has 94 valence electrons. The lowest BCUT2D eigenvalue weighted by molar-refractivity contribution is 0.672. The van der Waals surface area contributed by atoms with Gasteiger partial charge in [-0.3, -0.25) is 5.10 Å². The summed E-state index contributed by atoms with van der Waals surface area (Å²) in [6.07, 6.45) is 5.06. The highest BCUT2D eigenvalue weighted by Crippen LogP contribution is 2.33. The summed E-state index contributed by atoms with van der Waals surface area (Å²) >= 11 is 6.03. The number of nitrogens with zero attached hydrogens (tertiary/aromatic N) is 2. The van der Waals surface area contributed by atoms with Gasteiger partial charge in [-0.05, 0) is 37.5 Å². The second-order valence-electron chi connectivity index (χ2n) is 4.98. The molecule has 0 aliphatic heterocycles. The molecule has 0 radical (unpaired) electrons. The normalized spacial score (nSPS) is 16.3. The quantitative estimate of drug-likeness (QED) is 0.885. The number of hydrogen-bond donors (Lipinski definition) is 1. The predicted molar refractivity (Wildman–Crippen MR) is 72.8 cm³/mol. The zero-order valence-corrected chi connectivity index (χ0v) is 11.2. The van der Waals surface area contributed by atoms with E-state index in [0.29, 0.717) is 5.92 Å². The fraction of sp³-hybridized carbons (Fsp3) is 0.429. The van der Waals surface area contributed by atoms with Gasteiger partial charge in [0.05, 0.1) is 0 Å². The molecule has 0 saturated heterocycles. The van der Waals surface area contributed by atoms with E-state index in [9.17, 15) is 0 Å². The second-order valence-corrected chi connectivity index (χ2v) is 5.42. The molecule has 0 spiro atoms. The van der Waals surface area contributed by atoms with Gasteiger partial charge in [0.15, 0.2) is 5.82 Å². The average Bonchev–Trinajstić information content (AvgIpc) is 3.00. The van der Waals surface area contributed by atoms with E-state index in [2.05, 4.69) is 22.1 Å². The summed E-state index contributed by atoms with van der Waals surface area (Å²) in [5.41, 5.74) is 2.17. The number of aromatic amines is 1. The van der Waals surface area contributed by atoms with Gasteiger partial charge < -0.3 is 0 Å². The molecule has 3 nitrogen and oxygen atoms in total. The molecule has 1 aromatic carbocycles. The third kappa shape index (κ3) is 2.15. The maximum atomic E-state index is 6.03. The predicted octanol–water partition coefficient (Wildman–Crippen LogP) is 4.09. The monoisotopic (exact) mass is 261 g/mol. The van der Waals surface area contributed by atoms with E-state index in [0.717, 1.165) is 27.8 Å². The van der Waals surface area contributed by atoms with Crippen molar-refractivity contribution in [2.45, 2.75) is 38.5 Å². The molecule has 0 bridgehead atoms. The Bertz CT molecular complexity index is 556. The lowest BCUT2D eigenvalue weighted by Gasteiger charge is -2.03. The van der Waals surface area contributed by atoms with Crippen LogP contribution < -0.4 is 0 Å². The van der Waals surface area contributed by atoms with Crippen molar-refractivity contribution in [3.05, 3.63) is 34.6 Å². The third-order valence-corrected chi connectivity index (χ3v) is 3.92. The number of halogens is 1. The number of aromatic nitrogens is 3. The molecule has 0 atom stereocenters. The van der Waals surface area contributed by atoms with Crippen LogP contribution in [0.1, 0.15) is 43.0 Å². The minimum absolute atomic E-state index is 0.561. The molecule has 1 aliphatic rings. The highest BCUT2D eigenvalue weighted by Gasteiger charge is 2.21. The smallest absolute Gasteiger partial charge is 0.181 e. The Kier molecular flexibility index (Phi) is 3.08. The van der Waals surface area contributed by atoms with E-state index < -0.39 is 0 Å². The summed E-state index contributed by atoms with van der Waals surface area (Å²) in [6.45, 7) is 2.05. The highest BCUT2D eigenvalue weighted by molar-refractivity contribution is 6.30. The first-order valence-corrected chi connectivity index (χ1v) is 6.80. The number of H-pyrrole nitrogens is 1. The van der Waals surface area contributed by atoms with Crippen LogP contribution >= 0.6 is 11.6 Å². The van der Waals surface area contributed by atoms with Crippen molar-refractivity contribution in [3.8, 4) is 11.4 Å². The van der Waals surface area contributed by atoms with Crippen molar-refractivity contribution in [1.82, 2.24) is 15.2 Å². The van der Waals surface area contributed by atoms with Crippen LogP contribution in [0.3, 0.4) is 0 Å². The van der Waals surface area contributed by atoms with Gasteiger partial charge in [0.1, 0.15) is 5.82 Å². The SMILES string of the molecule is Cc1ccc(Cl)cc1-c1n[nH]c(C2CCCC2)n1. The Hall–Kier alpha value is -1.35. The summed E-state index contributed by atoms with van der Waals surface area (Å²) in [7, 11) is 0. The van der Waals surface area contributed by atoms with Crippen molar-refractivity contribution < 1.29 is 0 Å². The standard InChI is InChI=1S/C14H16ClN3/c1-9-6-7-11(15)8-12(9)14-16-13(17-18-14)10-4-2-3-5-10/h6-8,10H,2-5H2,1H3,(H,16,17,18). The van der Waals surface area contributed by atoms with Gasteiger partial charge in [0.25, 0.3) is 0 Å². The molecule has 2 aromatic rings. The van der Waals surface area contributed by atoms with Crippen molar-refractivity contribution in [3.63, 3.8) is 0 Å². The van der Waals surface area contributed by atoms with Crippen molar-refractivity contribution >= 4 is 11.6 Å². The molecule has 4 heteroatoms. The fourth-order valence-corrected chi connectivity index (χ4v) is 2.78. The van der Waals surface area contributed by atoms with Crippen molar-refractivity contribution in [1.29, 1.82) is 0 Å². The van der Waals surface area contributed by atoms with Crippen LogP contribution in [0.5, 0.6) is 0 Å². The summed E-state index contributed by atoms with van der Waals surface area (Å²) in [6, 6.07) is 5.83. The van der Waals surface area contributed by atoms with Crippen LogP contribution in [-0.4, -0.2) is 15.2 Å². The molecule has 1 saturated carbocycles. The molecule has 0 unspecified atom stereocenters. The van der Waals surface area contributed by atoms with Crippen LogP contribution in [0.15, 0.2) is 18.2 Å².